The number of rotatable bonds is 2. The number of carbonyl (C=O) groups is 2. The molecule has 0 aliphatic carbocycles. The zero-order valence-corrected chi connectivity index (χ0v) is 11.8. The number of hydrogen-bond acceptors (Lipinski definition) is 5. The molecule has 7 heteroatoms. The van der Waals surface area contributed by atoms with Crippen molar-refractivity contribution in [2.75, 3.05) is 35.5 Å². The molecule has 0 spiro atoms. The van der Waals surface area contributed by atoms with E-state index < -0.39 is 0 Å². The number of para-hydroxylation sites is 1. The quantitative estimate of drug-likeness (QED) is 0.837. The van der Waals surface area contributed by atoms with Crippen molar-refractivity contribution in [1.29, 1.82) is 0 Å². The summed E-state index contributed by atoms with van der Waals surface area (Å²) in [7, 11) is 1.68. The third kappa shape index (κ3) is 2.34. The van der Waals surface area contributed by atoms with Crippen molar-refractivity contribution in [3.8, 4) is 5.75 Å². The molecule has 2 heterocycles. The van der Waals surface area contributed by atoms with E-state index >= 15 is 0 Å². The third-order valence-electron chi connectivity index (χ3n) is 3.35. The van der Waals surface area contributed by atoms with Gasteiger partial charge in [0.05, 0.1) is 11.7 Å². The number of nitrogens with one attached hydrogen (secondary N) is 2. The molecular formula is C13H15N3O3S. The molecule has 0 saturated carbocycles. The zero-order valence-electron chi connectivity index (χ0n) is 11.0. The van der Waals surface area contributed by atoms with Crippen molar-refractivity contribution in [1.82, 2.24) is 5.32 Å². The van der Waals surface area contributed by atoms with Gasteiger partial charge in [-0.2, -0.15) is 0 Å². The molecular weight excluding hydrogens is 278 g/mol. The molecule has 2 N–H and O–H groups in total. The van der Waals surface area contributed by atoms with E-state index in [-0.39, 0.29) is 24.5 Å². The van der Waals surface area contributed by atoms with E-state index in [1.165, 1.54) is 4.90 Å². The number of ether oxygens (including phenoxy) is 1. The van der Waals surface area contributed by atoms with Gasteiger partial charge in [0.2, 0.25) is 5.91 Å². The maximum absolute atomic E-state index is 12.2. The molecule has 0 bridgehead atoms. The lowest BCUT2D eigenvalue weighted by Crippen LogP contribution is -2.39. The number of thioether (sulfide) groups is 1. The highest BCUT2D eigenvalue weighted by Crippen LogP contribution is 2.38. The van der Waals surface area contributed by atoms with Gasteiger partial charge in [-0.25, -0.2) is 0 Å². The zero-order chi connectivity index (χ0) is 14.1. The Hall–Kier alpha value is -1.73. The molecule has 2 amide bonds. The van der Waals surface area contributed by atoms with Gasteiger partial charge < -0.3 is 15.0 Å². The number of fused-ring (bicyclic) bond motifs is 1. The highest BCUT2D eigenvalue weighted by Gasteiger charge is 2.28. The maximum Gasteiger partial charge on any atom is 0.264 e. The Bertz CT molecular complexity index is 558. The number of amides is 2. The molecule has 1 aromatic rings. The Morgan fingerprint density at radius 1 is 1.55 bits per heavy atom. The predicted molar refractivity (Wildman–Crippen MR) is 78.2 cm³/mol. The number of carbonyl (C=O) groups excluding carboxylic acids is 2. The molecule has 1 fully saturated rings. The molecule has 1 unspecified atom stereocenters. The molecule has 1 aromatic carbocycles. The number of benzene rings is 1. The number of anilines is 2. The predicted octanol–water partition coefficient (Wildman–Crippen LogP) is 0.643. The van der Waals surface area contributed by atoms with Gasteiger partial charge in [0.15, 0.2) is 6.61 Å². The van der Waals surface area contributed by atoms with Crippen molar-refractivity contribution >= 4 is 35.0 Å². The fraction of sp³-hybridized carbons (Fsp3) is 0.385. The lowest BCUT2D eigenvalue weighted by molar-refractivity contribution is -0.121. The lowest BCUT2D eigenvalue weighted by Gasteiger charge is -2.28. The second-order valence-electron chi connectivity index (χ2n) is 4.65. The van der Waals surface area contributed by atoms with Crippen molar-refractivity contribution in [2.45, 2.75) is 6.04 Å². The second-order valence-corrected chi connectivity index (χ2v) is 5.69. The molecule has 1 atom stereocenters. The van der Waals surface area contributed by atoms with Crippen LogP contribution in [0.5, 0.6) is 5.75 Å². The summed E-state index contributed by atoms with van der Waals surface area (Å²) < 4.78 is 5.39. The molecule has 3 rings (SSSR count). The Morgan fingerprint density at radius 3 is 3.15 bits per heavy atom. The van der Waals surface area contributed by atoms with E-state index in [0.717, 1.165) is 11.6 Å². The average Bonchev–Trinajstić information content (AvgIpc) is 2.97. The van der Waals surface area contributed by atoms with Crippen LogP contribution in [0.25, 0.3) is 0 Å². The summed E-state index contributed by atoms with van der Waals surface area (Å²) in [6, 6.07) is 5.17. The summed E-state index contributed by atoms with van der Waals surface area (Å²) in [6.07, 6.45) is 0. The van der Waals surface area contributed by atoms with Crippen molar-refractivity contribution in [3.63, 3.8) is 0 Å². The summed E-state index contributed by atoms with van der Waals surface area (Å²) in [6.45, 7) is 0.0295. The minimum atomic E-state index is -0.193. The molecule has 0 aromatic heterocycles. The average molecular weight is 293 g/mol. The molecule has 1 saturated heterocycles. The van der Waals surface area contributed by atoms with Gasteiger partial charge in [-0.3, -0.25) is 14.9 Å². The van der Waals surface area contributed by atoms with Crippen LogP contribution in [0.3, 0.4) is 0 Å². The van der Waals surface area contributed by atoms with E-state index in [1.54, 1.807) is 37.0 Å². The first-order valence-electron chi connectivity index (χ1n) is 6.31. The minimum absolute atomic E-state index is 0.0295. The van der Waals surface area contributed by atoms with Crippen molar-refractivity contribution in [3.05, 3.63) is 18.2 Å². The third-order valence-corrected chi connectivity index (χ3v) is 4.29. The highest BCUT2D eigenvalue weighted by atomic mass is 32.2. The van der Waals surface area contributed by atoms with Crippen LogP contribution in [-0.2, 0) is 9.59 Å². The minimum Gasteiger partial charge on any atom is -0.481 e. The number of likely N-dealkylation sites (N-methyl/N-ethyl adjacent to an activating group) is 1. The first kappa shape index (κ1) is 13.3. The number of hydrogen-bond donors (Lipinski definition) is 2. The standard InChI is InChI=1S/C13H15N3O3S/c1-16-11(17)5-19-10-4-2-3-8(12(10)16)15-13(18)9-6-20-7-14-9/h2-4,9,14H,5-7H2,1H3,(H,15,18). The van der Waals surface area contributed by atoms with Crippen LogP contribution in [0.2, 0.25) is 0 Å². The van der Waals surface area contributed by atoms with E-state index in [1.807, 2.05) is 0 Å². The largest absolute Gasteiger partial charge is 0.481 e. The van der Waals surface area contributed by atoms with E-state index in [4.69, 9.17) is 4.74 Å². The Morgan fingerprint density at radius 2 is 2.40 bits per heavy atom. The topological polar surface area (TPSA) is 70.7 Å². The lowest BCUT2D eigenvalue weighted by atomic mass is 10.2. The Labute approximate surface area is 120 Å². The summed E-state index contributed by atoms with van der Waals surface area (Å²) in [5.41, 5.74) is 1.21. The van der Waals surface area contributed by atoms with Gasteiger partial charge in [0.25, 0.3) is 5.91 Å². The van der Waals surface area contributed by atoms with Crippen LogP contribution in [0, 0.1) is 0 Å². The van der Waals surface area contributed by atoms with E-state index in [9.17, 15) is 9.59 Å². The summed E-state index contributed by atoms with van der Waals surface area (Å²) >= 11 is 1.69. The fourth-order valence-electron chi connectivity index (χ4n) is 2.23. The van der Waals surface area contributed by atoms with Crippen LogP contribution >= 0.6 is 11.8 Å². The molecule has 2 aliphatic heterocycles. The Kier molecular flexibility index (Phi) is 3.54. The Balaban J connectivity index is 1.86. The monoisotopic (exact) mass is 293 g/mol. The van der Waals surface area contributed by atoms with Gasteiger partial charge in [-0.05, 0) is 12.1 Å². The van der Waals surface area contributed by atoms with Gasteiger partial charge in [0.1, 0.15) is 11.4 Å². The molecule has 106 valence electrons. The van der Waals surface area contributed by atoms with Crippen LogP contribution in [0.4, 0.5) is 11.4 Å². The molecule has 0 radical (unpaired) electrons. The van der Waals surface area contributed by atoms with Crippen molar-refractivity contribution < 1.29 is 14.3 Å². The summed E-state index contributed by atoms with van der Waals surface area (Å²) in [4.78, 5) is 25.4. The van der Waals surface area contributed by atoms with Crippen LogP contribution in [0.15, 0.2) is 18.2 Å². The van der Waals surface area contributed by atoms with Crippen LogP contribution in [-0.4, -0.2) is 43.1 Å². The first-order chi connectivity index (χ1) is 9.66. The van der Waals surface area contributed by atoms with E-state index in [0.29, 0.717) is 17.1 Å². The maximum atomic E-state index is 12.2. The van der Waals surface area contributed by atoms with Crippen LogP contribution < -0.4 is 20.3 Å². The van der Waals surface area contributed by atoms with Crippen LogP contribution in [0.1, 0.15) is 0 Å². The van der Waals surface area contributed by atoms with Gasteiger partial charge in [-0.1, -0.05) is 6.07 Å². The SMILES string of the molecule is CN1C(=O)COc2cccc(NC(=O)C3CSCN3)c21. The smallest absolute Gasteiger partial charge is 0.264 e. The molecule has 6 nitrogen and oxygen atoms in total. The van der Waals surface area contributed by atoms with Gasteiger partial charge >= 0.3 is 0 Å². The molecule has 20 heavy (non-hydrogen) atoms. The highest BCUT2D eigenvalue weighted by molar-refractivity contribution is 7.99. The normalized spacial score (nSPS) is 21.4. The summed E-state index contributed by atoms with van der Waals surface area (Å²) in [5.74, 6) is 1.93. The summed E-state index contributed by atoms with van der Waals surface area (Å²) in [5, 5.41) is 5.99. The fourth-order valence-corrected chi connectivity index (χ4v) is 3.17. The van der Waals surface area contributed by atoms with Crippen molar-refractivity contribution in [2.24, 2.45) is 0 Å². The number of nitrogens with zero attached hydrogens (tertiary/aromatic N) is 1. The second kappa shape index (κ2) is 5.34. The van der Waals surface area contributed by atoms with E-state index in [2.05, 4.69) is 10.6 Å². The molecule has 2 aliphatic rings. The first-order valence-corrected chi connectivity index (χ1v) is 7.46. The van der Waals surface area contributed by atoms with Gasteiger partial charge in [0, 0.05) is 18.7 Å². The van der Waals surface area contributed by atoms with Gasteiger partial charge in [-0.15, -0.1) is 11.8 Å².